The minimum atomic E-state index is -5.21. The highest BCUT2D eigenvalue weighted by molar-refractivity contribution is 5.98. The molecule has 2 heterocycles. The number of methoxy groups -OCH3 is 2. The van der Waals surface area contributed by atoms with Gasteiger partial charge in [0.25, 0.3) is 0 Å². The Kier molecular flexibility index (Phi) is 6.39. The molecule has 0 spiro atoms. The molecule has 0 fully saturated rings. The number of aromatic nitrogens is 4. The number of halogens is 3. The number of benzene rings is 2. The summed E-state index contributed by atoms with van der Waals surface area (Å²) < 4.78 is 54.2. The van der Waals surface area contributed by atoms with Crippen LogP contribution in [0.2, 0.25) is 0 Å². The average molecular weight is 502 g/mol. The number of ether oxygens (including phenoxy) is 3. The first-order chi connectivity index (χ1) is 17.0. The van der Waals surface area contributed by atoms with Gasteiger partial charge in [0, 0.05) is 25.5 Å². The van der Waals surface area contributed by atoms with Crippen molar-refractivity contribution < 1.29 is 32.2 Å². The summed E-state index contributed by atoms with van der Waals surface area (Å²) in [6, 6.07) is 8.26. The third-order valence-corrected chi connectivity index (χ3v) is 5.19. The molecule has 0 bridgehead atoms. The van der Waals surface area contributed by atoms with Crippen molar-refractivity contribution in [3.8, 4) is 17.4 Å². The SMILES string of the molecule is COc1cc2nc(Nc3nc(OC(=O)C(F)(F)F)c4c(N(C)C)cccc4n3)nc(C)c2cc1OC. The number of alkyl halides is 3. The molecule has 0 saturated heterocycles. The van der Waals surface area contributed by atoms with Crippen LogP contribution in [0.3, 0.4) is 0 Å². The summed E-state index contributed by atoms with van der Waals surface area (Å²) >= 11 is 0. The van der Waals surface area contributed by atoms with Crippen molar-refractivity contribution in [1.82, 2.24) is 19.9 Å². The number of hydrogen-bond acceptors (Lipinski definition) is 10. The highest BCUT2D eigenvalue weighted by Crippen LogP contribution is 2.35. The molecule has 10 nitrogen and oxygen atoms in total. The van der Waals surface area contributed by atoms with Gasteiger partial charge in [0.1, 0.15) is 0 Å². The van der Waals surface area contributed by atoms with E-state index in [4.69, 9.17) is 9.47 Å². The van der Waals surface area contributed by atoms with Crippen LogP contribution in [-0.2, 0) is 4.79 Å². The molecule has 0 aliphatic carbocycles. The van der Waals surface area contributed by atoms with E-state index in [0.29, 0.717) is 33.8 Å². The van der Waals surface area contributed by atoms with Crippen LogP contribution < -0.4 is 24.4 Å². The zero-order valence-electron chi connectivity index (χ0n) is 19.9. The maximum atomic E-state index is 13.0. The van der Waals surface area contributed by atoms with Gasteiger partial charge in [-0.25, -0.2) is 19.7 Å². The predicted molar refractivity (Wildman–Crippen MR) is 126 cm³/mol. The number of aryl methyl sites for hydroxylation is 1. The Morgan fingerprint density at radius 3 is 2.22 bits per heavy atom. The minimum Gasteiger partial charge on any atom is -0.493 e. The monoisotopic (exact) mass is 502 g/mol. The fourth-order valence-corrected chi connectivity index (χ4v) is 3.54. The Balaban J connectivity index is 1.83. The highest BCUT2D eigenvalue weighted by Gasteiger charge is 2.42. The number of nitrogens with one attached hydrogen (secondary N) is 1. The van der Waals surface area contributed by atoms with Gasteiger partial charge >= 0.3 is 12.1 Å². The van der Waals surface area contributed by atoms with Gasteiger partial charge in [-0.1, -0.05) is 6.07 Å². The quantitative estimate of drug-likeness (QED) is 0.386. The van der Waals surface area contributed by atoms with Gasteiger partial charge in [0.05, 0.1) is 42.0 Å². The summed E-state index contributed by atoms with van der Waals surface area (Å²) in [7, 11) is 6.37. The van der Waals surface area contributed by atoms with E-state index in [9.17, 15) is 18.0 Å². The van der Waals surface area contributed by atoms with Crippen LogP contribution in [0.25, 0.3) is 21.8 Å². The maximum Gasteiger partial charge on any atom is 0.491 e. The maximum absolute atomic E-state index is 13.0. The third-order valence-electron chi connectivity index (χ3n) is 5.19. The molecule has 0 aliphatic rings. The number of esters is 1. The summed E-state index contributed by atoms with van der Waals surface area (Å²) in [6.45, 7) is 1.75. The number of fused-ring (bicyclic) bond motifs is 2. The van der Waals surface area contributed by atoms with E-state index < -0.39 is 18.0 Å². The Morgan fingerprint density at radius 1 is 0.944 bits per heavy atom. The van der Waals surface area contributed by atoms with Crippen LogP contribution in [0.5, 0.6) is 17.4 Å². The lowest BCUT2D eigenvalue weighted by Gasteiger charge is -2.18. The smallest absolute Gasteiger partial charge is 0.491 e. The van der Waals surface area contributed by atoms with Gasteiger partial charge in [-0.2, -0.15) is 18.2 Å². The van der Waals surface area contributed by atoms with Crippen LogP contribution in [-0.4, -0.2) is 60.4 Å². The summed E-state index contributed by atoms with van der Waals surface area (Å²) in [5.74, 6) is -2.10. The first-order valence-electron chi connectivity index (χ1n) is 10.5. The van der Waals surface area contributed by atoms with Crippen LogP contribution in [0.15, 0.2) is 30.3 Å². The molecule has 4 rings (SSSR count). The third kappa shape index (κ3) is 4.72. The lowest BCUT2D eigenvalue weighted by molar-refractivity contribution is -0.189. The molecule has 36 heavy (non-hydrogen) atoms. The first-order valence-corrected chi connectivity index (χ1v) is 10.5. The summed E-state index contributed by atoms with van der Waals surface area (Å²) in [6.07, 6.45) is -5.21. The Labute approximate surface area is 203 Å². The van der Waals surface area contributed by atoms with Gasteiger partial charge in [0.15, 0.2) is 11.5 Å². The second-order valence-corrected chi connectivity index (χ2v) is 7.79. The zero-order chi connectivity index (χ0) is 26.2. The fourth-order valence-electron chi connectivity index (χ4n) is 3.54. The van der Waals surface area contributed by atoms with E-state index in [-0.39, 0.29) is 22.8 Å². The van der Waals surface area contributed by atoms with Crippen LogP contribution in [0.4, 0.5) is 30.8 Å². The van der Waals surface area contributed by atoms with E-state index in [1.165, 1.54) is 14.2 Å². The lowest BCUT2D eigenvalue weighted by atomic mass is 10.1. The van der Waals surface area contributed by atoms with Gasteiger partial charge in [0.2, 0.25) is 17.8 Å². The number of carbonyl (C=O) groups excluding carboxylic acids is 1. The number of hydrogen-bond donors (Lipinski definition) is 1. The standard InChI is InChI=1S/C23H21F3N6O4/c1-11-12-9-16(34-4)17(35-5)10-14(12)29-21(27-11)31-22-28-13-7-6-8-15(32(2)3)18(13)19(30-22)36-20(33)23(24,25)26/h6-10H,1-5H3,(H,27,28,29,30,31). The van der Waals surface area contributed by atoms with Gasteiger partial charge in [-0.15, -0.1) is 0 Å². The van der Waals surface area contributed by atoms with Crippen molar-refractivity contribution in [2.45, 2.75) is 13.1 Å². The molecule has 0 radical (unpaired) electrons. The van der Waals surface area contributed by atoms with E-state index in [0.717, 1.165) is 0 Å². The normalized spacial score (nSPS) is 11.4. The molecule has 0 atom stereocenters. The predicted octanol–water partition coefficient (Wildman–Crippen LogP) is 4.18. The Morgan fingerprint density at radius 2 is 1.58 bits per heavy atom. The molecular weight excluding hydrogens is 481 g/mol. The fraction of sp³-hybridized carbons (Fsp3) is 0.261. The van der Waals surface area contributed by atoms with Crippen molar-refractivity contribution in [1.29, 1.82) is 0 Å². The van der Waals surface area contributed by atoms with Gasteiger partial charge in [-0.05, 0) is 25.1 Å². The van der Waals surface area contributed by atoms with Crippen LogP contribution in [0, 0.1) is 6.92 Å². The zero-order valence-corrected chi connectivity index (χ0v) is 19.9. The molecule has 1 N–H and O–H groups in total. The summed E-state index contributed by atoms with van der Waals surface area (Å²) in [4.78, 5) is 30.5. The molecule has 188 valence electrons. The Hall–Kier alpha value is -4.42. The van der Waals surface area contributed by atoms with E-state index in [1.54, 1.807) is 56.3 Å². The molecule has 2 aromatic carbocycles. The first kappa shape index (κ1) is 24.7. The molecule has 0 unspecified atom stereocenters. The second kappa shape index (κ2) is 9.32. The van der Waals surface area contributed by atoms with E-state index in [1.807, 2.05) is 0 Å². The molecule has 4 aromatic rings. The molecule has 2 aromatic heterocycles. The molecule has 0 saturated carbocycles. The topological polar surface area (TPSA) is 112 Å². The van der Waals surface area contributed by atoms with Crippen molar-refractivity contribution in [2.75, 3.05) is 38.5 Å². The highest BCUT2D eigenvalue weighted by atomic mass is 19.4. The molecule has 0 aliphatic heterocycles. The molecule has 13 heteroatoms. The van der Waals surface area contributed by atoms with Gasteiger partial charge in [-0.3, -0.25) is 5.32 Å². The molecular formula is C23H21F3N6O4. The number of nitrogens with zero attached hydrogens (tertiary/aromatic N) is 5. The van der Waals surface area contributed by atoms with Crippen molar-refractivity contribution in [3.05, 3.63) is 36.0 Å². The van der Waals surface area contributed by atoms with Crippen molar-refractivity contribution >= 4 is 45.4 Å². The lowest BCUT2D eigenvalue weighted by Crippen LogP contribution is -2.28. The van der Waals surface area contributed by atoms with E-state index >= 15 is 0 Å². The Bertz CT molecular complexity index is 1480. The minimum absolute atomic E-state index is 0.0726. The van der Waals surface area contributed by atoms with E-state index in [2.05, 4.69) is 30.0 Å². The van der Waals surface area contributed by atoms with Crippen molar-refractivity contribution in [3.63, 3.8) is 0 Å². The summed E-state index contributed by atoms with van der Waals surface area (Å²) in [5, 5.41) is 3.63. The summed E-state index contributed by atoms with van der Waals surface area (Å²) in [5.41, 5.74) is 1.81. The number of anilines is 3. The average Bonchev–Trinajstić information content (AvgIpc) is 2.82. The van der Waals surface area contributed by atoms with Crippen LogP contribution >= 0.6 is 0 Å². The van der Waals surface area contributed by atoms with Gasteiger partial charge < -0.3 is 19.1 Å². The molecule has 0 amide bonds. The van der Waals surface area contributed by atoms with Crippen molar-refractivity contribution in [2.24, 2.45) is 0 Å². The van der Waals surface area contributed by atoms with Crippen LogP contribution in [0.1, 0.15) is 5.69 Å². The largest absolute Gasteiger partial charge is 0.493 e. The number of carbonyl (C=O) groups is 1. The second-order valence-electron chi connectivity index (χ2n) is 7.79. The number of rotatable bonds is 6.